The van der Waals surface area contributed by atoms with Crippen LogP contribution < -0.4 is 9.47 Å². The van der Waals surface area contributed by atoms with Gasteiger partial charge in [-0.05, 0) is 74.0 Å². The Morgan fingerprint density at radius 3 is 2.84 bits per heavy atom. The van der Waals surface area contributed by atoms with Crippen molar-refractivity contribution in [2.75, 3.05) is 6.61 Å². The minimum atomic E-state index is -0.113. The number of hydrogen-bond acceptors (Lipinski definition) is 4. The predicted octanol–water partition coefficient (Wildman–Crippen LogP) is 5.22. The van der Waals surface area contributed by atoms with E-state index in [0.717, 1.165) is 41.9 Å². The summed E-state index contributed by atoms with van der Waals surface area (Å²) in [4.78, 5) is 11.0. The van der Waals surface area contributed by atoms with Crippen LogP contribution in [0.5, 0.6) is 11.5 Å². The first-order chi connectivity index (χ1) is 12.0. The van der Waals surface area contributed by atoms with E-state index in [9.17, 15) is 4.91 Å². The zero-order valence-corrected chi connectivity index (χ0v) is 15.0. The molecule has 130 valence electrons. The maximum absolute atomic E-state index is 11.0. The molecule has 4 heteroatoms. The molecule has 2 heterocycles. The van der Waals surface area contributed by atoms with Gasteiger partial charge in [-0.25, -0.2) is 0 Å². The van der Waals surface area contributed by atoms with E-state index in [2.05, 4.69) is 37.2 Å². The number of ether oxygens (including phenoxy) is 2. The van der Waals surface area contributed by atoms with E-state index in [1.54, 1.807) is 0 Å². The molecule has 0 bridgehead atoms. The molecule has 0 N–H and O–H groups in total. The first-order valence-corrected chi connectivity index (χ1v) is 8.87. The van der Waals surface area contributed by atoms with Gasteiger partial charge < -0.3 is 9.47 Å². The molecule has 0 radical (unpaired) electrons. The molecule has 0 saturated carbocycles. The van der Waals surface area contributed by atoms with Crippen molar-refractivity contribution in [3.63, 3.8) is 0 Å². The van der Waals surface area contributed by atoms with Crippen LogP contribution in [0.25, 0.3) is 0 Å². The van der Waals surface area contributed by atoms with Crippen molar-refractivity contribution in [3.8, 4) is 11.5 Å². The fraction of sp³-hybridized carbons (Fsp3) is 0.429. The standard InChI is InChI=1S/C21H23NO3/c1-13-4-5-14(11-18(13)22-23)16-10-15-6-7-19-17(20(15)24-12-16)8-9-21(2,3)25-19/h4-7,11,16H,8-10,12H2,1-3H3. The Kier molecular flexibility index (Phi) is 3.78. The lowest BCUT2D eigenvalue weighted by molar-refractivity contribution is 0.0827. The molecule has 1 atom stereocenters. The third-order valence-electron chi connectivity index (χ3n) is 5.36. The van der Waals surface area contributed by atoms with Crippen molar-refractivity contribution < 1.29 is 9.47 Å². The van der Waals surface area contributed by atoms with Crippen LogP contribution in [-0.4, -0.2) is 12.2 Å². The van der Waals surface area contributed by atoms with Crippen LogP contribution in [0, 0.1) is 11.8 Å². The molecule has 0 fully saturated rings. The summed E-state index contributed by atoms with van der Waals surface area (Å²) in [6, 6.07) is 10.1. The molecule has 2 aromatic rings. The molecular weight excluding hydrogens is 314 g/mol. The summed E-state index contributed by atoms with van der Waals surface area (Å²) in [6.07, 6.45) is 2.89. The molecule has 4 nitrogen and oxygen atoms in total. The van der Waals surface area contributed by atoms with Gasteiger partial charge in [0.05, 0.1) is 6.61 Å². The third-order valence-corrected chi connectivity index (χ3v) is 5.36. The van der Waals surface area contributed by atoms with E-state index in [1.165, 1.54) is 11.1 Å². The lowest BCUT2D eigenvalue weighted by atomic mass is 9.86. The normalized spacial score (nSPS) is 20.7. The maximum Gasteiger partial charge on any atom is 0.129 e. The van der Waals surface area contributed by atoms with E-state index in [4.69, 9.17) is 9.47 Å². The molecule has 0 spiro atoms. The maximum atomic E-state index is 11.0. The third kappa shape index (κ3) is 2.90. The van der Waals surface area contributed by atoms with Crippen molar-refractivity contribution in [2.24, 2.45) is 5.18 Å². The number of aryl methyl sites for hydroxylation is 1. The first-order valence-electron chi connectivity index (χ1n) is 8.87. The molecule has 0 aromatic heterocycles. The topological polar surface area (TPSA) is 47.9 Å². The van der Waals surface area contributed by atoms with Crippen molar-refractivity contribution in [2.45, 2.75) is 51.6 Å². The Balaban J connectivity index is 1.64. The summed E-state index contributed by atoms with van der Waals surface area (Å²) in [5, 5.41) is 3.13. The fourth-order valence-electron chi connectivity index (χ4n) is 3.81. The molecule has 0 amide bonds. The van der Waals surface area contributed by atoms with E-state index in [1.807, 2.05) is 19.1 Å². The van der Waals surface area contributed by atoms with Gasteiger partial charge in [0.15, 0.2) is 0 Å². The Morgan fingerprint density at radius 1 is 1.20 bits per heavy atom. The predicted molar refractivity (Wildman–Crippen MR) is 98.0 cm³/mol. The minimum Gasteiger partial charge on any atom is -0.492 e. The Morgan fingerprint density at radius 2 is 2.04 bits per heavy atom. The summed E-state index contributed by atoms with van der Waals surface area (Å²) in [6.45, 7) is 6.78. The van der Waals surface area contributed by atoms with Crippen LogP contribution in [-0.2, 0) is 12.8 Å². The first kappa shape index (κ1) is 16.1. The molecule has 2 aromatic carbocycles. The molecular formula is C21H23NO3. The highest BCUT2D eigenvalue weighted by Crippen LogP contribution is 2.44. The van der Waals surface area contributed by atoms with Crippen LogP contribution in [0.1, 0.15) is 48.4 Å². The van der Waals surface area contributed by atoms with Crippen molar-refractivity contribution >= 4 is 5.69 Å². The number of fused-ring (bicyclic) bond motifs is 3. The van der Waals surface area contributed by atoms with Crippen LogP contribution >= 0.6 is 0 Å². The second-order valence-corrected chi connectivity index (χ2v) is 7.74. The minimum absolute atomic E-state index is 0.113. The summed E-state index contributed by atoms with van der Waals surface area (Å²) in [5.74, 6) is 2.20. The highest BCUT2D eigenvalue weighted by molar-refractivity contribution is 5.54. The van der Waals surface area contributed by atoms with Gasteiger partial charge >= 0.3 is 0 Å². The quantitative estimate of drug-likeness (QED) is 0.706. The van der Waals surface area contributed by atoms with Crippen molar-refractivity contribution in [3.05, 3.63) is 57.5 Å². The summed E-state index contributed by atoms with van der Waals surface area (Å²) in [5.41, 5.74) is 4.85. The summed E-state index contributed by atoms with van der Waals surface area (Å²) >= 11 is 0. The largest absolute Gasteiger partial charge is 0.492 e. The van der Waals surface area contributed by atoms with Crippen LogP contribution in [0.4, 0.5) is 5.69 Å². The molecule has 2 aliphatic rings. The number of benzene rings is 2. The molecule has 1 unspecified atom stereocenters. The van der Waals surface area contributed by atoms with Gasteiger partial charge in [0.25, 0.3) is 0 Å². The Labute approximate surface area is 148 Å². The van der Waals surface area contributed by atoms with E-state index in [0.29, 0.717) is 12.3 Å². The Bertz CT molecular complexity index is 841. The number of rotatable bonds is 2. The van der Waals surface area contributed by atoms with Gasteiger partial charge in [-0.2, -0.15) is 0 Å². The van der Waals surface area contributed by atoms with Gasteiger partial charge in [0.1, 0.15) is 22.8 Å². The van der Waals surface area contributed by atoms with Crippen LogP contribution in [0.2, 0.25) is 0 Å². The lowest BCUT2D eigenvalue weighted by Crippen LogP contribution is -2.33. The summed E-state index contributed by atoms with van der Waals surface area (Å²) in [7, 11) is 0. The molecule has 2 aliphatic heterocycles. The monoisotopic (exact) mass is 337 g/mol. The number of hydrogen-bond donors (Lipinski definition) is 0. The van der Waals surface area contributed by atoms with Crippen LogP contribution in [0.3, 0.4) is 0 Å². The van der Waals surface area contributed by atoms with Gasteiger partial charge in [0, 0.05) is 11.5 Å². The summed E-state index contributed by atoms with van der Waals surface area (Å²) < 4.78 is 12.3. The second kappa shape index (κ2) is 5.87. The van der Waals surface area contributed by atoms with E-state index in [-0.39, 0.29) is 11.5 Å². The smallest absolute Gasteiger partial charge is 0.129 e. The van der Waals surface area contributed by atoms with E-state index < -0.39 is 0 Å². The highest BCUT2D eigenvalue weighted by atomic mass is 16.5. The van der Waals surface area contributed by atoms with Gasteiger partial charge in [-0.1, -0.05) is 18.2 Å². The van der Waals surface area contributed by atoms with Crippen molar-refractivity contribution in [1.29, 1.82) is 0 Å². The average molecular weight is 337 g/mol. The zero-order chi connectivity index (χ0) is 17.6. The number of nitrogens with zero attached hydrogens (tertiary/aromatic N) is 1. The highest BCUT2D eigenvalue weighted by Gasteiger charge is 2.32. The van der Waals surface area contributed by atoms with Gasteiger partial charge in [-0.3, -0.25) is 0 Å². The van der Waals surface area contributed by atoms with Crippen LogP contribution in [0.15, 0.2) is 35.5 Å². The average Bonchev–Trinajstić information content (AvgIpc) is 2.60. The molecule has 0 saturated heterocycles. The molecule has 4 rings (SSSR count). The molecule has 0 aliphatic carbocycles. The Hall–Kier alpha value is -2.36. The molecule has 25 heavy (non-hydrogen) atoms. The van der Waals surface area contributed by atoms with Gasteiger partial charge in [-0.15, -0.1) is 4.91 Å². The lowest BCUT2D eigenvalue weighted by Gasteiger charge is -2.35. The SMILES string of the molecule is Cc1ccc(C2COc3c(ccc4c3CCC(C)(C)O4)C2)cc1N=O. The second-order valence-electron chi connectivity index (χ2n) is 7.74. The fourth-order valence-corrected chi connectivity index (χ4v) is 3.81. The van der Waals surface area contributed by atoms with E-state index >= 15 is 0 Å². The number of nitroso groups, excluding NO2 is 1. The zero-order valence-electron chi connectivity index (χ0n) is 15.0. The van der Waals surface area contributed by atoms with Gasteiger partial charge in [0.2, 0.25) is 0 Å². The van der Waals surface area contributed by atoms with Crippen molar-refractivity contribution in [1.82, 2.24) is 0 Å².